The van der Waals surface area contributed by atoms with Crippen LogP contribution in [-0.2, 0) is 6.54 Å². The molecule has 0 aliphatic carbocycles. The number of halogens is 1. The van der Waals surface area contributed by atoms with Crippen molar-refractivity contribution >= 4 is 28.4 Å². The van der Waals surface area contributed by atoms with Crippen LogP contribution in [-0.4, -0.2) is 40.0 Å². The number of benzene rings is 3. The molecule has 0 aliphatic rings. The number of aryl methyl sites for hydroxylation is 1. The van der Waals surface area contributed by atoms with E-state index in [1.807, 2.05) is 66.4 Å². The van der Waals surface area contributed by atoms with Crippen molar-refractivity contribution in [1.82, 2.24) is 14.5 Å². The molecule has 1 amide bonds. The molecule has 0 saturated heterocycles. The van der Waals surface area contributed by atoms with Crippen molar-refractivity contribution in [3.8, 4) is 0 Å². The van der Waals surface area contributed by atoms with Crippen LogP contribution in [0.3, 0.4) is 0 Å². The third kappa shape index (κ3) is 8.27. The van der Waals surface area contributed by atoms with Crippen LogP contribution in [0.25, 0.3) is 10.9 Å². The van der Waals surface area contributed by atoms with Crippen molar-refractivity contribution in [1.29, 1.82) is 0 Å². The molecule has 0 unspecified atom stereocenters. The second kappa shape index (κ2) is 13.7. The van der Waals surface area contributed by atoms with Gasteiger partial charge in [-0.05, 0) is 61.7 Å². The molecule has 0 bridgehead atoms. The van der Waals surface area contributed by atoms with Gasteiger partial charge < -0.3 is 10.6 Å². The van der Waals surface area contributed by atoms with Crippen molar-refractivity contribution in [2.45, 2.75) is 33.7 Å². The highest BCUT2D eigenvalue weighted by Crippen LogP contribution is 2.14. The lowest BCUT2D eigenvalue weighted by Gasteiger charge is -2.24. The van der Waals surface area contributed by atoms with Crippen LogP contribution in [0, 0.1) is 12.8 Å². The third-order valence-corrected chi connectivity index (χ3v) is 6.02. The van der Waals surface area contributed by atoms with Gasteiger partial charge in [0.1, 0.15) is 0 Å². The lowest BCUT2D eigenvalue weighted by Crippen LogP contribution is -2.35. The van der Waals surface area contributed by atoms with Crippen molar-refractivity contribution in [3.05, 3.63) is 111 Å². The molecule has 3 aromatic carbocycles. The number of nitrogens with zero attached hydrogens (tertiary/aromatic N) is 3. The van der Waals surface area contributed by atoms with Gasteiger partial charge in [-0.25, -0.2) is 4.98 Å². The van der Waals surface area contributed by atoms with E-state index in [9.17, 15) is 9.59 Å². The average Bonchev–Trinajstić information content (AvgIpc) is 2.89. The zero-order chi connectivity index (χ0) is 26.8. The minimum absolute atomic E-state index is 0.0504. The van der Waals surface area contributed by atoms with E-state index in [4.69, 9.17) is 17.3 Å². The van der Waals surface area contributed by atoms with Crippen LogP contribution >= 0.6 is 11.6 Å². The minimum atomic E-state index is -0.0504. The summed E-state index contributed by atoms with van der Waals surface area (Å²) in [6.07, 6.45) is 2.41. The van der Waals surface area contributed by atoms with Gasteiger partial charge in [-0.2, -0.15) is 0 Å². The van der Waals surface area contributed by atoms with Gasteiger partial charge in [0.15, 0.2) is 0 Å². The molecule has 0 spiro atoms. The zero-order valence-corrected chi connectivity index (χ0v) is 22.5. The molecule has 1 heterocycles. The Bertz CT molecular complexity index is 1350. The van der Waals surface area contributed by atoms with Crippen LogP contribution in [0.2, 0.25) is 5.02 Å². The minimum Gasteiger partial charge on any atom is -0.338 e. The zero-order valence-electron chi connectivity index (χ0n) is 21.7. The topological polar surface area (TPSA) is 81.2 Å². The van der Waals surface area contributed by atoms with Gasteiger partial charge in [-0.3, -0.25) is 14.2 Å². The van der Waals surface area contributed by atoms with Gasteiger partial charge in [0, 0.05) is 23.7 Å². The Morgan fingerprint density at radius 1 is 1.05 bits per heavy atom. The molecule has 194 valence electrons. The van der Waals surface area contributed by atoms with E-state index in [0.29, 0.717) is 34.9 Å². The van der Waals surface area contributed by atoms with Crippen LogP contribution in [0.1, 0.15) is 41.8 Å². The standard InChI is InChI=1S/C15H11ClN2O.C15H24N2O/c16-12-6-7-13-14(8-12)17-10-18(15(13)19)9-11-4-2-1-3-5-11;1-12(2)11-17(10-4-9-16)15(18)14-7-5-13(3)6-8-14/h1-8,10H,9H2;5-8,12H,4,9-11,16H2,1-3H3. The maximum Gasteiger partial charge on any atom is 0.261 e. The maximum absolute atomic E-state index is 12.4. The van der Waals surface area contributed by atoms with Gasteiger partial charge in [0.05, 0.1) is 23.8 Å². The van der Waals surface area contributed by atoms with E-state index in [0.717, 1.165) is 30.6 Å². The Labute approximate surface area is 223 Å². The van der Waals surface area contributed by atoms with Crippen molar-refractivity contribution < 1.29 is 4.79 Å². The van der Waals surface area contributed by atoms with Gasteiger partial charge in [0.25, 0.3) is 11.5 Å². The summed E-state index contributed by atoms with van der Waals surface area (Å²) in [5.41, 5.74) is 9.11. The first-order chi connectivity index (χ1) is 17.8. The number of hydrogen-bond donors (Lipinski definition) is 1. The fourth-order valence-electron chi connectivity index (χ4n) is 3.90. The largest absolute Gasteiger partial charge is 0.338 e. The van der Waals surface area contributed by atoms with E-state index in [1.54, 1.807) is 29.1 Å². The SMILES string of the molecule is Cc1ccc(C(=O)N(CCCN)CC(C)C)cc1.O=c1c2ccc(Cl)cc2ncn1Cc1ccccc1. The number of carbonyl (C=O) groups is 1. The Hall–Kier alpha value is -3.48. The third-order valence-electron chi connectivity index (χ3n) is 5.79. The number of nitrogens with two attached hydrogens (primary N) is 1. The molecule has 1 aromatic heterocycles. The Morgan fingerprint density at radius 3 is 2.41 bits per heavy atom. The number of hydrogen-bond acceptors (Lipinski definition) is 4. The summed E-state index contributed by atoms with van der Waals surface area (Å²) in [6, 6.07) is 22.7. The summed E-state index contributed by atoms with van der Waals surface area (Å²) in [4.78, 5) is 30.9. The second-order valence-corrected chi connectivity index (χ2v) is 9.91. The molecule has 0 fully saturated rings. The predicted octanol–water partition coefficient (Wildman–Crippen LogP) is 5.54. The molecule has 4 rings (SSSR count). The van der Waals surface area contributed by atoms with E-state index < -0.39 is 0 Å². The van der Waals surface area contributed by atoms with Gasteiger partial charge in [-0.1, -0.05) is 73.5 Å². The number of fused-ring (bicyclic) bond motifs is 1. The fraction of sp³-hybridized carbons (Fsp3) is 0.300. The van der Waals surface area contributed by atoms with Crippen molar-refractivity contribution in [2.24, 2.45) is 11.7 Å². The molecule has 6 nitrogen and oxygen atoms in total. The van der Waals surface area contributed by atoms with Gasteiger partial charge >= 0.3 is 0 Å². The quantitative estimate of drug-likeness (QED) is 0.332. The van der Waals surface area contributed by atoms with E-state index >= 15 is 0 Å². The molecule has 2 N–H and O–H groups in total. The number of aromatic nitrogens is 2. The number of amides is 1. The average molecular weight is 519 g/mol. The first-order valence-corrected chi connectivity index (χ1v) is 12.9. The van der Waals surface area contributed by atoms with Gasteiger partial charge in [0.2, 0.25) is 0 Å². The molecule has 7 heteroatoms. The first kappa shape index (κ1) is 28.1. The van der Waals surface area contributed by atoms with Crippen molar-refractivity contribution in [3.63, 3.8) is 0 Å². The molecule has 0 saturated carbocycles. The van der Waals surface area contributed by atoms with Gasteiger partial charge in [-0.15, -0.1) is 0 Å². The summed E-state index contributed by atoms with van der Waals surface area (Å²) < 4.78 is 1.60. The molecule has 37 heavy (non-hydrogen) atoms. The van der Waals surface area contributed by atoms with Crippen LogP contribution in [0.5, 0.6) is 0 Å². The fourth-order valence-corrected chi connectivity index (χ4v) is 4.07. The molecule has 0 atom stereocenters. The highest BCUT2D eigenvalue weighted by atomic mass is 35.5. The highest BCUT2D eigenvalue weighted by Gasteiger charge is 2.16. The van der Waals surface area contributed by atoms with Crippen LogP contribution in [0.15, 0.2) is 83.9 Å². The molecular weight excluding hydrogens is 484 g/mol. The lowest BCUT2D eigenvalue weighted by atomic mass is 10.1. The molecule has 0 aliphatic heterocycles. The Balaban J connectivity index is 0.000000206. The molecule has 0 radical (unpaired) electrons. The summed E-state index contributed by atoms with van der Waals surface area (Å²) in [5.74, 6) is 0.578. The molecular formula is C30H35ClN4O2. The number of rotatable bonds is 8. The monoisotopic (exact) mass is 518 g/mol. The van der Waals surface area contributed by atoms with Crippen molar-refractivity contribution in [2.75, 3.05) is 19.6 Å². The van der Waals surface area contributed by atoms with E-state index in [2.05, 4.69) is 18.8 Å². The second-order valence-electron chi connectivity index (χ2n) is 9.48. The van der Waals surface area contributed by atoms with Crippen LogP contribution in [0.4, 0.5) is 0 Å². The first-order valence-electron chi connectivity index (χ1n) is 12.5. The Morgan fingerprint density at radius 2 is 1.76 bits per heavy atom. The highest BCUT2D eigenvalue weighted by molar-refractivity contribution is 6.31. The maximum atomic E-state index is 12.4. The lowest BCUT2D eigenvalue weighted by molar-refractivity contribution is 0.0735. The summed E-state index contributed by atoms with van der Waals surface area (Å²) in [5, 5.41) is 1.17. The molecule has 4 aromatic rings. The summed E-state index contributed by atoms with van der Waals surface area (Å²) in [7, 11) is 0. The Kier molecular flexibility index (Phi) is 10.4. The predicted molar refractivity (Wildman–Crippen MR) is 152 cm³/mol. The summed E-state index contributed by atoms with van der Waals surface area (Å²) >= 11 is 5.89. The van der Waals surface area contributed by atoms with E-state index in [-0.39, 0.29) is 11.5 Å². The van der Waals surface area contributed by atoms with Crippen LogP contribution < -0.4 is 11.3 Å². The smallest absolute Gasteiger partial charge is 0.261 e. The normalized spacial score (nSPS) is 10.8. The summed E-state index contributed by atoms with van der Waals surface area (Å²) in [6.45, 7) is 8.93. The number of carbonyl (C=O) groups excluding carboxylic acids is 1. The van der Waals surface area contributed by atoms with E-state index in [1.165, 1.54) is 5.56 Å².